The fourth-order valence-electron chi connectivity index (χ4n) is 3.50. The molecule has 2 aliphatic rings. The van der Waals surface area contributed by atoms with Crippen LogP contribution in [0.25, 0.3) is 0 Å². The van der Waals surface area contributed by atoms with Gasteiger partial charge in [0.25, 0.3) is 0 Å². The van der Waals surface area contributed by atoms with Crippen molar-refractivity contribution in [2.75, 3.05) is 4.90 Å². The molecule has 1 saturated heterocycles. The number of aromatic nitrogens is 1. The molecule has 0 saturated carbocycles. The van der Waals surface area contributed by atoms with Crippen molar-refractivity contribution in [2.45, 2.75) is 12.1 Å². The third-order valence-corrected chi connectivity index (χ3v) is 4.84. The summed E-state index contributed by atoms with van der Waals surface area (Å²) in [5, 5.41) is 0.520. The Balaban J connectivity index is 1.76. The average molecular weight is 365 g/mol. The number of cyclic esters (lactones) is 1. The molecule has 2 aliphatic heterocycles. The Hall–Kier alpha value is -3.05. The van der Waals surface area contributed by atoms with Crippen LogP contribution in [0.3, 0.4) is 0 Å². The Kier molecular flexibility index (Phi) is 3.36. The van der Waals surface area contributed by atoms with Crippen LogP contribution in [-0.4, -0.2) is 11.1 Å². The van der Waals surface area contributed by atoms with Gasteiger partial charge in [-0.1, -0.05) is 35.9 Å². The number of benzene rings is 2. The van der Waals surface area contributed by atoms with Crippen LogP contribution >= 0.6 is 11.6 Å². The van der Waals surface area contributed by atoms with E-state index in [9.17, 15) is 4.79 Å². The molecule has 3 aromatic rings. The molecule has 0 aliphatic carbocycles. The van der Waals surface area contributed by atoms with Gasteiger partial charge in [-0.05, 0) is 36.4 Å². The van der Waals surface area contributed by atoms with E-state index in [1.165, 1.54) is 0 Å². The number of ether oxygens (including phenoxy) is 2. The number of pyridine rings is 1. The second-order valence-electron chi connectivity index (χ2n) is 6.13. The molecule has 1 fully saturated rings. The van der Waals surface area contributed by atoms with Crippen molar-refractivity contribution in [1.29, 1.82) is 0 Å². The Morgan fingerprint density at radius 2 is 1.85 bits per heavy atom. The van der Waals surface area contributed by atoms with Gasteiger partial charge in [0.15, 0.2) is 11.9 Å². The molecular weight excluding hydrogens is 352 g/mol. The summed E-state index contributed by atoms with van der Waals surface area (Å²) in [5.74, 6) is 1.24. The van der Waals surface area contributed by atoms with E-state index in [1.54, 1.807) is 29.3 Å². The Morgan fingerprint density at radius 3 is 2.69 bits per heavy atom. The van der Waals surface area contributed by atoms with Gasteiger partial charge in [-0.3, -0.25) is 9.88 Å². The number of para-hydroxylation sites is 1. The van der Waals surface area contributed by atoms with Crippen molar-refractivity contribution in [3.05, 3.63) is 83.1 Å². The van der Waals surface area contributed by atoms with Gasteiger partial charge < -0.3 is 9.47 Å². The van der Waals surface area contributed by atoms with Gasteiger partial charge in [0, 0.05) is 16.8 Å². The average Bonchev–Trinajstić information content (AvgIpc) is 2.93. The summed E-state index contributed by atoms with van der Waals surface area (Å²) in [7, 11) is 0. The van der Waals surface area contributed by atoms with E-state index >= 15 is 0 Å². The van der Waals surface area contributed by atoms with Crippen LogP contribution in [-0.2, 0) is 4.74 Å². The predicted molar refractivity (Wildman–Crippen MR) is 96.6 cm³/mol. The minimum absolute atomic E-state index is 0.395. The Bertz CT molecular complexity index is 1010. The number of rotatable bonds is 1. The first-order valence-electron chi connectivity index (χ1n) is 8.19. The highest BCUT2D eigenvalue weighted by atomic mass is 35.5. The SMILES string of the molecule is O=C1O[C@@H](c2ccccn2)[C@H]2c3ccccc3Oc3ccc(Cl)cc3N12. The second kappa shape index (κ2) is 5.75. The highest BCUT2D eigenvalue weighted by Crippen LogP contribution is 2.53. The number of hydrogen-bond acceptors (Lipinski definition) is 4. The summed E-state index contributed by atoms with van der Waals surface area (Å²) in [5.41, 5.74) is 2.14. The quantitative estimate of drug-likeness (QED) is 0.589. The van der Waals surface area contributed by atoms with E-state index < -0.39 is 18.2 Å². The maximum absolute atomic E-state index is 12.8. The highest BCUT2D eigenvalue weighted by Gasteiger charge is 2.48. The Morgan fingerprint density at radius 1 is 1.00 bits per heavy atom. The predicted octanol–water partition coefficient (Wildman–Crippen LogP) is 5.28. The summed E-state index contributed by atoms with van der Waals surface area (Å²) in [6, 6.07) is 18.0. The van der Waals surface area contributed by atoms with E-state index in [4.69, 9.17) is 21.1 Å². The molecule has 1 aromatic heterocycles. The van der Waals surface area contributed by atoms with E-state index in [-0.39, 0.29) is 0 Å². The molecule has 2 atom stereocenters. The number of hydrogen-bond donors (Lipinski definition) is 0. The van der Waals surface area contributed by atoms with Gasteiger partial charge in [0.05, 0.1) is 11.4 Å². The summed E-state index contributed by atoms with van der Waals surface area (Å²) in [6.07, 6.45) is 0.698. The first-order chi connectivity index (χ1) is 12.7. The first kappa shape index (κ1) is 15.2. The molecule has 6 heteroatoms. The summed E-state index contributed by atoms with van der Waals surface area (Å²) >= 11 is 6.19. The van der Waals surface area contributed by atoms with Crippen LogP contribution in [0.4, 0.5) is 10.5 Å². The molecule has 0 N–H and O–H groups in total. The molecule has 0 radical (unpaired) electrons. The normalized spacial score (nSPS) is 20.3. The lowest BCUT2D eigenvalue weighted by Gasteiger charge is -2.23. The fraction of sp³-hybridized carbons (Fsp3) is 0.100. The third kappa shape index (κ3) is 2.24. The van der Waals surface area contributed by atoms with E-state index in [0.29, 0.717) is 27.9 Å². The van der Waals surface area contributed by atoms with Crippen LogP contribution in [0.5, 0.6) is 11.5 Å². The van der Waals surface area contributed by atoms with Gasteiger partial charge in [-0.25, -0.2) is 4.79 Å². The Labute approximate surface area is 154 Å². The minimum Gasteiger partial charge on any atom is -0.455 e. The van der Waals surface area contributed by atoms with Crippen molar-refractivity contribution < 1.29 is 14.3 Å². The number of fused-ring (bicyclic) bond motifs is 5. The lowest BCUT2D eigenvalue weighted by Crippen LogP contribution is -2.27. The summed E-state index contributed by atoms with van der Waals surface area (Å²) in [6.45, 7) is 0. The number of carbonyl (C=O) groups excluding carboxylic acids is 1. The zero-order valence-corrected chi connectivity index (χ0v) is 14.3. The smallest absolute Gasteiger partial charge is 0.415 e. The molecule has 128 valence electrons. The van der Waals surface area contributed by atoms with E-state index in [0.717, 1.165) is 5.56 Å². The minimum atomic E-state index is -0.543. The number of amides is 1. The maximum atomic E-state index is 12.8. The summed E-state index contributed by atoms with van der Waals surface area (Å²) < 4.78 is 11.8. The third-order valence-electron chi connectivity index (χ3n) is 4.61. The molecule has 26 heavy (non-hydrogen) atoms. The number of halogens is 1. The van der Waals surface area contributed by atoms with Crippen LogP contribution in [0.1, 0.15) is 23.4 Å². The van der Waals surface area contributed by atoms with E-state index in [1.807, 2.05) is 42.5 Å². The molecule has 0 unspecified atom stereocenters. The monoisotopic (exact) mass is 364 g/mol. The van der Waals surface area contributed by atoms with Crippen molar-refractivity contribution in [1.82, 2.24) is 4.98 Å². The zero-order chi connectivity index (χ0) is 17.7. The molecule has 5 nitrogen and oxygen atoms in total. The molecule has 2 aromatic carbocycles. The number of carbonyl (C=O) groups is 1. The lowest BCUT2D eigenvalue weighted by molar-refractivity contribution is 0.129. The molecule has 3 heterocycles. The van der Waals surface area contributed by atoms with Crippen LogP contribution in [0.2, 0.25) is 5.02 Å². The topological polar surface area (TPSA) is 51.7 Å². The zero-order valence-electron chi connectivity index (χ0n) is 13.5. The van der Waals surface area contributed by atoms with Gasteiger partial charge in [-0.15, -0.1) is 0 Å². The van der Waals surface area contributed by atoms with Crippen molar-refractivity contribution in [2.24, 2.45) is 0 Å². The first-order valence-corrected chi connectivity index (χ1v) is 8.57. The van der Waals surface area contributed by atoms with Crippen LogP contribution in [0.15, 0.2) is 66.9 Å². The standard InChI is InChI=1S/C20H13ClN2O3/c21-12-8-9-17-15(11-12)23-18(13-5-1-2-7-16(13)25-17)19(26-20(23)24)14-6-3-4-10-22-14/h1-11,18-19H/t18-,19+/m1/s1. The fourth-order valence-corrected chi connectivity index (χ4v) is 3.66. The van der Waals surface area contributed by atoms with Gasteiger partial charge >= 0.3 is 6.09 Å². The molecular formula is C20H13ClN2O3. The van der Waals surface area contributed by atoms with E-state index in [2.05, 4.69) is 4.98 Å². The van der Waals surface area contributed by atoms with Crippen LogP contribution in [0, 0.1) is 0 Å². The summed E-state index contributed by atoms with van der Waals surface area (Å²) in [4.78, 5) is 18.8. The van der Waals surface area contributed by atoms with Gasteiger partial charge in [0.1, 0.15) is 11.8 Å². The molecule has 0 bridgehead atoms. The lowest BCUT2D eigenvalue weighted by atomic mass is 9.97. The highest BCUT2D eigenvalue weighted by molar-refractivity contribution is 6.31. The van der Waals surface area contributed by atoms with Crippen molar-refractivity contribution >= 4 is 23.4 Å². The van der Waals surface area contributed by atoms with Crippen molar-refractivity contribution in [3.63, 3.8) is 0 Å². The number of nitrogens with zero attached hydrogens (tertiary/aromatic N) is 2. The number of anilines is 1. The van der Waals surface area contributed by atoms with Crippen LogP contribution < -0.4 is 9.64 Å². The van der Waals surface area contributed by atoms with Gasteiger partial charge in [0.2, 0.25) is 0 Å². The molecule has 5 rings (SSSR count). The van der Waals surface area contributed by atoms with Crippen molar-refractivity contribution in [3.8, 4) is 11.5 Å². The molecule has 0 spiro atoms. The molecule has 1 amide bonds. The maximum Gasteiger partial charge on any atom is 0.415 e. The van der Waals surface area contributed by atoms with Gasteiger partial charge in [-0.2, -0.15) is 0 Å². The second-order valence-corrected chi connectivity index (χ2v) is 6.56. The largest absolute Gasteiger partial charge is 0.455 e.